The first kappa shape index (κ1) is 12.0. The van der Waals surface area contributed by atoms with Crippen LogP contribution in [-0.2, 0) is 0 Å². The fourth-order valence-corrected chi connectivity index (χ4v) is 1.46. The van der Waals surface area contributed by atoms with Crippen LogP contribution >= 0.6 is 34.8 Å². The third kappa shape index (κ3) is 2.14. The molecule has 0 amide bonds. The number of rotatable bonds is 2. The highest BCUT2D eigenvalue weighted by Crippen LogP contribution is 2.33. The van der Waals surface area contributed by atoms with Crippen LogP contribution < -0.4 is 0 Å². The van der Waals surface area contributed by atoms with Crippen LogP contribution in [0.25, 0.3) is 0 Å². The molecule has 2 N–H and O–H groups in total. The van der Waals surface area contributed by atoms with Crippen molar-refractivity contribution in [2.45, 2.75) is 0 Å². The van der Waals surface area contributed by atoms with Gasteiger partial charge in [-0.25, -0.2) is 14.6 Å². The van der Waals surface area contributed by atoms with E-state index in [1.165, 1.54) is 0 Å². The molecule has 1 aromatic rings. The van der Waals surface area contributed by atoms with E-state index in [9.17, 15) is 9.59 Å². The number of nitrogens with zero attached hydrogens (tertiary/aromatic N) is 1. The maximum Gasteiger partial charge on any atom is 0.356 e. The third-order valence-electron chi connectivity index (χ3n) is 1.43. The molecule has 0 aromatic carbocycles. The minimum atomic E-state index is -1.49. The molecule has 0 spiro atoms. The third-order valence-corrected chi connectivity index (χ3v) is 2.74. The molecule has 0 atom stereocenters. The zero-order valence-electron chi connectivity index (χ0n) is 6.79. The molecule has 0 fully saturated rings. The molecule has 1 heterocycles. The zero-order valence-corrected chi connectivity index (χ0v) is 9.06. The van der Waals surface area contributed by atoms with Crippen LogP contribution in [0.3, 0.4) is 0 Å². The predicted octanol–water partition coefficient (Wildman–Crippen LogP) is 2.44. The summed E-state index contributed by atoms with van der Waals surface area (Å²) < 4.78 is 0. The fourth-order valence-electron chi connectivity index (χ4n) is 0.798. The molecule has 0 aliphatic carbocycles. The van der Waals surface area contributed by atoms with Gasteiger partial charge in [0.1, 0.15) is 0 Å². The lowest BCUT2D eigenvalue weighted by atomic mass is 10.3. The molecule has 15 heavy (non-hydrogen) atoms. The first-order valence-corrected chi connectivity index (χ1v) is 4.50. The second kappa shape index (κ2) is 4.22. The molecule has 0 aliphatic heterocycles. The van der Waals surface area contributed by atoms with Crippen molar-refractivity contribution in [1.82, 2.24) is 4.98 Å². The van der Waals surface area contributed by atoms with E-state index in [-0.39, 0.29) is 15.1 Å². The summed E-state index contributed by atoms with van der Waals surface area (Å²) in [7, 11) is 0. The van der Waals surface area contributed by atoms with E-state index in [1.807, 2.05) is 0 Å². The van der Waals surface area contributed by atoms with Gasteiger partial charge in [0.2, 0.25) is 0 Å². The van der Waals surface area contributed by atoms with Crippen LogP contribution in [0.15, 0.2) is 0 Å². The maximum atomic E-state index is 10.6. The fraction of sp³-hybridized carbons (Fsp3) is 0. The van der Waals surface area contributed by atoms with Gasteiger partial charge in [0.25, 0.3) is 0 Å². The second-order valence-corrected chi connectivity index (χ2v) is 3.50. The molecular weight excluding hydrogens is 268 g/mol. The summed E-state index contributed by atoms with van der Waals surface area (Å²) in [6.07, 6.45) is 0. The van der Waals surface area contributed by atoms with Crippen LogP contribution in [0.2, 0.25) is 15.1 Å². The van der Waals surface area contributed by atoms with E-state index in [0.717, 1.165) is 0 Å². The standard InChI is InChI=1S/C7H2Cl3NO4/c8-1-2(9)4(6(12)13)11-5(3(1)10)7(14)15/h(H,12,13)(H,14,15). The Kier molecular flexibility index (Phi) is 3.38. The largest absolute Gasteiger partial charge is 0.476 e. The molecular formula is C7H2Cl3NO4. The number of pyridine rings is 1. The highest BCUT2D eigenvalue weighted by Gasteiger charge is 2.23. The lowest BCUT2D eigenvalue weighted by Gasteiger charge is -2.05. The Labute approximate surface area is 98.2 Å². The number of aromatic carboxylic acids is 2. The van der Waals surface area contributed by atoms with E-state index in [2.05, 4.69) is 4.98 Å². The summed E-state index contributed by atoms with van der Waals surface area (Å²) in [5.41, 5.74) is -1.30. The molecule has 0 saturated heterocycles. The first-order chi connectivity index (χ1) is 6.86. The number of aromatic nitrogens is 1. The van der Waals surface area contributed by atoms with Gasteiger partial charge in [-0.15, -0.1) is 0 Å². The Morgan fingerprint density at radius 3 is 1.47 bits per heavy atom. The van der Waals surface area contributed by atoms with Crippen molar-refractivity contribution in [2.75, 3.05) is 0 Å². The van der Waals surface area contributed by atoms with Crippen LogP contribution in [0, 0.1) is 0 Å². The van der Waals surface area contributed by atoms with Crippen molar-refractivity contribution in [1.29, 1.82) is 0 Å². The molecule has 1 rings (SSSR count). The summed E-state index contributed by atoms with van der Waals surface area (Å²) in [6.45, 7) is 0. The number of carboxylic acids is 2. The molecule has 1 aromatic heterocycles. The number of hydrogen-bond donors (Lipinski definition) is 2. The van der Waals surface area contributed by atoms with Crippen molar-refractivity contribution >= 4 is 46.7 Å². The second-order valence-electron chi connectivity index (χ2n) is 2.36. The Morgan fingerprint density at radius 2 is 1.20 bits per heavy atom. The van der Waals surface area contributed by atoms with E-state index >= 15 is 0 Å². The molecule has 0 radical (unpaired) electrons. The minimum absolute atomic E-state index is 0.344. The van der Waals surface area contributed by atoms with Crippen molar-refractivity contribution in [3.05, 3.63) is 26.5 Å². The lowest BCUT2D eigenvalue weighted by molar-refractivity contribution is 0.0685. The van der Waals surface area contributed by atoms with E-state index in [1.54, 1.807) is 0 Å². The zero-order chi connectivity index (χ0) is 11.7. The van der Waals surface area contributed by atoms with Gasteiger partial charge in [0, 0.05) is 0 Å². The molecule has 5 nitrogen and oxygen atoms in total. The average Bonchev–Trinajstić information content (AvgIpc) is 2.13. The van der Waals surface area contributed by atoms with Gasteiger partial charge in [0.15, 0.2) is 11.4 Å². The van der Waals surface area contributed by atoms with Crippen molar-refractivity contribution in [3.63, 3.8) is 0 Å². The van der Waals surface area contributed by atoms with Gasteiger partial charge >= 0.3 is 11.9 Å². The highest BCUT2D eigenvalue weighted by molar-refractivity contribution is 6.49. The lowest BCUT2D eigenvalue weighted by Crippen LogP contribution is -2.09. The van der Waals surface area contributed by atoms with E-state index < -0.39 is 23.3 Å². The smallest absolute Gasteiger partial charge is 0.356 e. The molecule has 0 aliphatic rings. The van der Waals surface area contributed by atoms with Gasteiger partial charge in [-0.1, -0.05) is 34.8 Å². The molecule has 0 bridgehead atoms. The van der Waals surface area contributed by atoms with E-state index in [0.29, 0.717) is 0 Å². The number of hydrogen-bond acceptors (Lipinski definition) is 3. The summed E-state index contributed by atoms with van der Waals surface area (Å²) in [5.74, 6) is -2.97. The van der Waals surface area contributed by atoms with Crippen molar-refractivity contribution in [2.24, 2.45) is 0 Å². The molecule has 80 valence electrons. The van der Waals surface area contributed by atoms with Crippen LogP contribution in [0.4, 0.5) is 0 Å². The SMILES string of the molecule is O=C(O)c1nc(C(=O)O)c(Cl)c(Cl)c1Cl. The van der Waals surface area contributed by atoms with Gasteiger partial charge in [0.05, 0.1) is 15.1 Å². The topological polar surface area (TPSA) is 87.5 Å². The Bertz CT molecular complexity index is 422. The quantitative estimate of drug-likeness (QED) is 0.861. The van der Waals surface area contributed by atoms with Gasteiger partial charge in [-0.05, 0) is 0 Å². The minimum Gasteiger partial charge on any atom is -0.476 e. The number of halogens is 3. The van der Waals surface area contributed by atoms with Gasteiger partial charge in [-0.2, -0.15) is 0 Å². The predicted molar refractivity (Wildman–Crippen MR) is 53.2 cm³/mol. The normalized spacial score (nSPS) is 10.1. The molecule has 8 heteroatoms. The summed E-state index contributed by atoms with van der Waals surface area (Å²) in [6, 6.07) is 0. The Balaban J connectivity index is 3.59. The van der Waals surface area contributed by atoms with Crippen molar-refractivity contribution < 1.29 is 19.8 Å². The molecule has 0 saturated carbocycles. The van der Waals surface area contributed by atoms with E-state index in [4.69, 9.17) is 45.0 Å². The maximum absolute atomic E-state index is 10.6. The highest BCUT2D eigenvalue weighted by atomic mass is 35.5. The Morgan fingerprint density at radius 1 is 0.867 bits per heavy atom. The average molecular weight is 270 g/mol. The first-order valence-electron chi connectivity index (χ1n) is 3.37. The number of carboxylic acid groups (broad SMARTS) is 2. The summed E-state index contributed by atoms with van der Waals surface area (Å²) in [5, 5.41) is 16.2. The Hall–Kier alpha value is -1.04. The van der Waals surface area contributed by atoms with Crippen LogP contribution in [0.5, 0.6) is 0 Å². The monoisotopic (exact) mass is 269 g/mol. The van der Waals surface area contributed by atoms with Crippen molar-refractivity contribution in [3.8, 4) is 0 Å². The van der Waals surface area contributed by atoms with Crippen LogP contribution in [0.1, 0.15) is 21.0 Å². The number of carbonyl (C=O) groups is 2. The van der Waals surface area contributed by atoms with Crippen LogP contribution in [-0.4, -0.2) is 27.1 Å². The summed E-state index contributed by atoms with van der Waals surface area (Å²) >= 11 is 16.6. The van der Waals surface area contributed by atoms with Gasteiger partial charge < -0.3 is 10.2 Å². The van der Waals surface area contributed by atoms with Gasteiger partial charge in [-0.3, -0.25) is 0 Å². The summed E-state index contributed by atoms with van der Waals surface area (Å²) in [4.78, 5) is 24.5. The molecule has 0 unspecified atom stereocenters.